The van der Waals surface area contributed by atoms with E-state index in [1.807, 2.05) is 31.5 Å². The Morgan fingerprint density at radius 1 is 1.29 bits per heavy atom. The SMILES string of the molecule is Cc1ccc(CNc2snc(N)c2-c2csc(C)n2)cn1. The first-order valence-corrected chi connectivity index (χ1v) is 8.12. The average Bonchev–Trinajstić information content (AvgIpc) is 3.04. The molecule has 0 atom stereocenters. The summed E-state index contributed by atoms with van der Waals surface area (Å²) in [5.74, 6) is 0.523. The number of hydrogen-bond donors (Lipinski definition) is 2. The molecule has 0 radical (unpaired) electrons. The van der Waals surface area contributed by atoms with Crippen LogP contribution >= 0.6 is 22.9 Å². The molecule has 7 heteroatoms. The van der Waals surface area contributed by atoms with Crippen molar-refractivity contribution in [3.63, 3.8) is 0 Å². The highest BCUT2D eigenvalue weighted by atomic mass is 32.1. The van der Waals surface area contributed by atoms with Crippen molar-refractivity contribution in [2.24, 2.45) is 0 Å². The minimum atomic E-state index is 0.523. The van der Waals surface area contributed by atoms with Gasteiger partial charge in [0.1, 0.15) is 10.8 Å². The fourth-order valence-corrected chi connectivity index (χ4v) is 3.26. The van der Waals surface area contributed by atoms with Crippen LogP contribution in [-0.4, -0.2) is 14.3 Å². The van der Waals surface area contributed by atoms with Gasteiger partial charge in [0.25, 0.3) is 0 Å². The van der Waals surface area contributed by atoms with Crippen molar-refractivity contribution in [2.75, 3.05) is 11.1 Å². The second-order valence-electron chi connectivity index (χ2n) is 4.69. The highest BCUT2D eigenvalue weighted by Gasteiger charge is 2.16. The van der Waals surface area contributed by atoms with Crippen molar-refractivity contribution >= 4 is 33.7 Å². The summed E-state index contributed by atoms with van der Waals surface area (Å²) in [7, 11) is 0. The van der Waals surface area contributed by atoms with Crippen LogP contribution in [0.5, 0.6) is 0 Å². The van der Waals surface area contributed by atoms with Crippen molar-refractivity contribution in [1.29, 1.82) is 0 Å². The number of anilines is 2. The molecule has 0 aliphatic heterocycles. The number of nitrogens with two attached hydrogens (primary N) is 1. The first-order valence-electron chi connectivity index (χ1n) is 6.46. The standard InChI is InChI=1S/C14H15N5S2/c1-8-3-4-10(5-16-8)6-17-14-12(13(15)19-21-14)11-7-20-9(2)18-11/h3-5,7,17H,6H2,1-2H3,(H2,15,19). The largest absolute Gasteiger partial charge is 0.382 e. The van der Waals surface area contributed by atoms with E-state index in [0.717, 1.165) is 32.5 Å². The van der Waals surface area contributed by atoms with Crippen LogP contribution in [0.2, 0.25) is 0 Å². The quantitative estimate of drug-likeness (QED) is 0.770. The van der Waals surface area contributed by atoms with E-state index in [-0.39, 0.29) is 0 Å². The molecule has 3 aromatic heterocycles. The summed E-state index contributed by atoms with van der Waals surface area (Å²) >= 11 is 2.97. The fourth-order valence-electron chi connectivity index (χ4n) is 1.93. The number of rotatable bonds is 4. The molecule has 0 fully saturated rings. The van der Waals surface area contributed by atoms with Crippen molar-refractivity contribution in [2.45, 2.75) is 20.4 Å². The number of aromatic nitrogens is 3. The third-order valence-electron chi connectivity index (χ3n) is 3.02. The fraction of sp³-hybridized carbons (Fsp3) is 0.214. The van der Waals surface area contributed by atoms with Crippen molar-refractivity contribution in [1.82, 2.24) is 14.3 Å². The Hall–Kier alpha value is -1.99. The average molecular weight is 317 g/mol. The molecule has 0 aliphatic rings. The first kappa shape index (κ1) is 14.0. The molecule has 108 valence electrons. The van der Waals surface area contributed by atoms with Crippen LogP contribution in [0.4, 0.5) is 10.8 Å². The van der Waals surface area contributed by atoms with Crippen LogP contribution in [0.25, 0.3) is 11.3 Å². The molecule has 5 nitrogen and oxygen atoms in total. The molecule has 3 rings (SSSR count). The summed E-state index contributed by atoms with van der Waals surface area (Å²) in [5.41, 5.74) is 9.89. The smallest absolute Gasteiger partial charge is 0.148 e. The summed E-state index contributed by atoms with van der Waals surface area (Å²) < 4.78 is 4.23. The zero-order valence-electron chi connectivity index (χ0n) is 11.8. The molecular weight excluding hydrogens is 302 g/mol. The number of thiazole rings is 1. The van der Waals surface area contributed by atoms with Crippen LogP contribution in [0, 0.1) is 13.8 Å². The summed E-state index contributed by atoms with van der Waals surface area (Å²) in [6.45, 7) is 4.64. The predicted molar refractivity (Wildman–Crippen MR) is 88.7 cm³/mol. The molecule has 0 aliphatic carbocycles. The Kier molecular flexibility index (Phi) is 3.85. The lowest BCUT2D eigenvalue weighted by Gasteiger charge is -2.06. The monoisotopic (exact) mass is 317 g/mol. The molecule has 0 aromatic carbocycles. The molecule has 0 amide bonds. The summed E-state index contributed by atoms with van der Waals surface area (Å²) in [5, 5.41) is 7.35. The molecule has 0 saturated carbocycles. The van der Waals surface area contributed by atoms with Gasteiger partial charge in [0, 0.05) is 23.8 Å². The van der Waals surface area contributed by atoms with Gasteiger partial charge in [-0.25, -0.2) is 4.98 Å². The molecule has 0 saturated heterocycles. The molecule has 0 spiro atoms. The van der Waals surface area contributed by atoms with E-state index in [1.54, 1.807) is 11.3 Å². The van der Waals surface area contributed by atoms with Gasteiger partial charge < -0.3 is 11.1 Å². The molecular formula is C14H15N5S2. The zero-order chi connectivity index (χ0) is 14.8. The van der Waals surface area contributed by atoms with Crippen LogP contribution in [0.15, 0.2) is 23.7 Å². The predicted octanol–water partition coefficient (Wildman–Crippen LogP) is 3.47. The lowest BCUT2D eigenvalue weighted by molar-refractivity contribution is 1.09. The zero-order valence-corrected chi connectivity index (χ0v) is 13.4. The third kappa shape index (κ3) is 3.03. The van der Waals surface area contributed by atoms with E-state index >= 15 is 0 Å². The van der Waals surface area contributed by atoms with Crippen molar-refractivity contribution < 1.29 is 0 Å². The maximum Gasteiger partial charge on any atom is 0.148 e. The van der Waals surface area contributed by atoms with Crippen molar-refractivity contribution in [3.8, 4) is 11.3 Å². The summed E-state index contributed by atoms with van der Waals surface area (Å²) in [6.07, 6.45) is 1.87. The van der Waals surface area contributed by atoms with E-state index in [0.29, 0.717) is 12.4 Å². The van der Waals surface area contributed by atoms with Gasteiger partial charge in [0.05, 0.1) is 16.3 Å². The number of nitrogens with one attached hydrogen (secondary N) is 1. The van der Waals surface area contributed by atoms with E-state index in [2.05, 4.69) is 25.7 Å². The number of nitrogen functional groups attached to an aromatic ring is 1. The third-order valence-corrected chi connectivity index (χ3v) is 4.61. The normalized spacial score (nSPS) is 10.8. The van der Waals surface area contributed by atoms with Crippen LogP contribution in [0.1, 0.15) is 16.3 Å². The maximum absolute atomic E-state index is 5.98. The molecule has 0 bridgehead atoms. The Bertz CT molecular complexity index is 745. The highest BCUT2D eigenvalue weighted by molar-refractivity contribution is 7.11. The Balaban J connectivity index is 1.81. The van der Waals surface area contributed by atoms with Gasteiger partial charge in [-0.15, -0.1) is 11.3 Å². The second-order valence-corrected chi connectivity index (χ2v) is 6.52. The summed E-state index contributed by atoms with van der Waals surface area (Å²) in [6, 6.07) is 4.06. The second kappa shape index (κ2) is 5.79. The van der Waals surface area contributed by atoms with Gasteiger partial charge in [0.2, 0.25) is 0 Å². The van der Waals surface area contributed by atoms with Crippen molar-refractivity contribution in [3.05, 3.63) is 40.0 Å². The van der Waals surface area contributed by atoms with Crippen LogP contribution < -0.4 is 11.1 Å². The number of hydrogen-bond acceptors (Lipinski definition) is 7. The molecule has 0 unspecified atom stereocenters. The van der Waals surface area contributed by atoms with Crippen LogP contribution in [0.3, 0.4) is 0 Å². The number of pyridine rings is 1. The van der Waals surface area contributed by atoms with E-state index in [4.69, 9.17) is 5.73 Å². The van der Waals surface area contributed by atoms with Gasteiger partial charge in [0.15, 0.2) is 0 Å². The number of aryl methyl sites for hydroxylation is 2. The first-order chi connectivity index (χ1) is 10.1. The highest BCUT2D eigenvalue weighted by Crippen LogP contribution is 2.37. The van der Waals surface area contributed by atoms with Gasteiger partial charge in [-0.2, -0.15) is 4.37 Å². The van der Waals surface area contributed by atoms with Gasteiger partial charge in [-0.1, -0.05) is 6.07 Å². The topological polar surface area (TPSA) is 76.7 Å². The maximum atomic E-state index is 5.98. The Morgan fingerprint density at radius 2 is 2.14 bits per heavy atom. The molecule has 3 N–H and O–H groups in total. The van der Waals surface area contributed by atoms with E-state index < -0.39 is 0 Å². The molecule has 21 heavy (non-hydrogen) atoms. The Morgan fingerprint density at radius 3 is 2.81 bits per heavy atom. The van der Waals surface area contributed by atoms with Crippen LogP contribution in [-0.2, 0) is 6.54 Å². The lowest BCUT2D eigenvalue weighted by Crippen LogP contribution is -2.00. The van der Waals surface area contributed by atoms with E-state index in [9.17, 15) is 0 Å². The molecule has 3 heterocycles. The Labute approximate surface area is 131 Å². The minimum Gasteiger partial charge on any atom is -0.382 e. The van der Waals surface area contributed by atoms with Gasteiger partial charge >= 0.3 is 0 Å². The lowest BCUT2D eigenvalue weighted by atomic mass is 10.2. The van der Waals surface area contributed by atoms with E-state index in [1.165, 1.54) is 11.5 Å². The van der Waals surface area contributed by atoms with Gasteiger partial charge in [-0.05, 0) is 37.0 Å². The number of nitrogens with zero attached hydrogens (tertiary/aromatic N) is 3. The van der Waals surface area contributed by atoms with Gasteiger partial charge in [-0.3, -0.25) is 4.98 Å². The molecule has 3 aromatic rings. The summed E-state index contributed by atoms with van der Waals surface area (Å²) in [4.78, 5) is 8.79. The minimum absolute atomic E-state index is 0.523.